The van der Waals surface area contributed by atoms with Gasteiger partial charge in [-0.1, -0.05) is 36.2 Å². The first-order valence-corrected chi connectivity index (χ1v) is 7.38. The number of hydrogen-bond donors (Lipinski definition) is 2. The molecule has 2 aromatic carbocycles. The van der Waals surface area contributed by atoms with E-state index in [1.807, 2.05) is 6.92 Å². The van der Waals surface area contributed by atoms with Gasteiger partial charge in [-0.05, 0) is 42.8 Å². The second-order valence-corrected chi connectivity index (χ2v) is 5.37. The number of phenolic OH excluding ortho intramolecular Hbond substituents is 1. The van der Waals surface area contributed by atoms with Crippen molar-refractivity contribution in [2.75, 3.05) is 0 Å². The van der Waals surface area contributed by atoms with Crippen LogP contribution in [0.4, 0.5) is 0 Å². The number of nitrogens with zero attached hydrogens (tertiary/aromatic N) is 1. The fourth-order valence-corrected chi connectivity index (χ4v) is 2.37. The molecule has 0 saturated heterocycles. The number of hydrazone groups is 1. The molecule has 0 atom stereocenters. The molecule has 0 aromatic heterocycles. The molecule has 6 heteroatoms. The van der Waals surface area contributed by atoms with Gasteiger partial charge in [-0.25, -0.2) is 5.43 Å². The standard InChI is InChI=1S/C16H14Cl2N2O2/c1-2-15(13-8-5-11(17)9-14(13)18)19-20-16(22)10-3-6-12(21)7-4-10/h3-9,21H,2H2,1H3,(H,20,22). The Kier molecular flexibility index (Phi) is 5.41. The first kappa shape index (κ1) is 16.3. The van der Waals surface area contributed by atoms with Gasteiger partial charge in [-0.2, -0.15) is 5.10 Å². The van der Waals surface area contributed by atoms with E-state index in [4.69, 9.17) is 23.2 Å². The summed E-state index contributed by atoms with van der Waals surface area (Å²) in [4.78, 5) is 12.0. The summed E-state index contributed by atoms with van der Waals surface area (Å²) in [7, 11) is 0. The van der Waals surface area contributed by atoms with Gasteiger partial charge in [0, 0.05) is 16.1 Å². The van der Waals surface area contributed by atoms with Crippen LogP contribution >= 0.6 is 23.2 Å². The number of amides is 1. The zero-order valence-electron chi connectivity index (χ0n) is 11.8. The zero-order chi connectivity index (χ0) is 16.1. The minimum Gasteiger partial charge on any atom is -0.508 e. The van der Waals surface area contributed by atoms with Crippen LogP contribution < -0.4 is 5.43 Å². The molecule has 0 aliphatic heterocycles. The largest absolute Gasteiger partial charge is 0.508 e. The van der Waals surface area contributed by atoms with Gasteiger partial charge in [0.1, 0.15) is 5.75 Å². The highest BCUT2D eigenvalue weighted by atomic mass is 35.5. The zero-order valence-corrected chi connectivity index (χ0v) is 13.3. The number of rotatable bonds is 4. The van der Waals surface area contributed by atoms with Gasteiger partial charge in [0.15, 0.2) is 0 Å². The first-order chi connectivity index (χ1) is 10.5. The lowest BCUT2D eigenvalue weighted by atomic mass is 10.1. The second-order valence-electron chi connectivity index (χ2n) is 4.52. The van der Waals surface area contributed by atoms with Gasteiger partial charge in [-0.3, -0.25) is 4.79 Å². The minimum absolute atomic E-state index is 0.0993. The summed E-state index contributed by atoms with van der Waals surface area (Å²) in [5.41, 5.74) is 4.26. The molecule has 0 heterocycles. The molecule has 22 heavy (non-hydrogen) atoms. The van der Waals surface area contributed by atoms with Crippen molar-refractivity contribution < 1.29 is 9.90 Å². The van der Waals surface area contributed by atoms with Crippen LogP contribution in [0.25, 0.3) is 0 Å². The molecule has 0 aliphatic carbocycles. The smallest absolute Gasteiger partial charge is 0.271 e. The maximum atomic E-state index is 12.0. The normalized spacial score (nSPS) is 11.3. The Morgan fingerprint density at radius 3 is 2.45 bits per heavy atom. The van der Waals surface area contributed by atoms with E-state index in [2.05, 4.69) is 10.5 Å². The number of benzene rings is 2. The van der Waals surface area contributed by atoms with Crippen LogP contribution in [0.15, 0.2) is 47.6 Å². The quantitative estimate of drug-likeness (QED) is 0.647. The van der Waals surface area contributed by atoms with Crippen molar-refractivity contribution in [2.45, 2.75) is 13.3 Å². The summed E-state index contributed by atoms with van der Waals surface area (Å²) in [6, 6.07) is 11.0. The van der Waals surface area contributed by atoms with Crippen molar-refractivity contribution in [2.24, 2.45) is 5.10 Å². The van der Waals surface area contributed by atoms with Crippen molar-refractivity contribution in [3.05, 3.63) is 63.6 Å². The molecule has 2 N–H and O–H groups in total. The Hall–Kier alpha value is -2.04. The van der Waals surface area contributed by atoms with Crippen LogP contribution in [0.1, 0.15) is 29.3 Å². The molecule has 114 valence electrons. The molecule has 4 nitrogen and oxygen atoms in total. The fourth-order valence-electron chi connectivity index (χ4n) is 1.85. The van der Waals surface area contributed by atoms with Gasteiger partial charge in [0.25, 0.3) is 5.91 Å². The maximum absolute atomic E-state index is 12.0. The van der Waals surface area contributed by atoms with Gasteiger partial charge >= 0.3 is 0 Å². The molecule has 2 aromatic rings. The molecule has 0 spiro atoms. The number of hydrogen-bond acceptors (Lipinski definition) is 3. The van der Waals surface area contributed by atoms with Gasteiger partial charge < -0.3 is 5.11 Å². The Morgan fingerprint density at radius 1 is 1.18 bits per heavy atom. The molecule has 0 saturated carbocycles. The Morgan fingerprint density at radius 2 is 1.86 bits per heavy atom. The number of aromatic hydroxyl groups is 1. The van der Waals surface area contributed by atoms with Crippen molar-refractivity contribution in [1.82, 2.24) is 5.43 Å². The van der Waals surface area contributed by atoms with E-state index in [0.717, 1.165) is 5.56 Å². The minimum atomic E-state index is -0.365. The molecular weight excluding hydrogens is 323 g/mol. The Labute approximate surface area is 138 Å². The van der Waals surface area contributed by atoms with Gasteiger partial charge in [0.2, 0.25) is 0 Å². The summed E-state index contributed by atoms with van der Waals surface area (Å²) >= 11 is 12.0. The van der Waals surface area contributed by atoms with Crippen molar-refractivity contribution in [3.63, 3.8) is 0 Å². The van der Waals surface area contributed by atoms with E-state index >= 15 is 0 Å². The predicted molar refractivity (Wildman–Crippen MR) is 88.9 cm³/mol. The van der Waals surface area contributed by atoms with Crippen LogP contribution in [-0.2, 0) is 0 Å². The average molecular weight is 337 g/mol. The molecule has 2 rings (SSSR count). The van der Waals surface area contributed by atoms with Crippen molar-refractivity contribution >= 4 is 34.8 Å². The lowest BCUT2D eigenvalue weighted by Crippen LogP contribution is -2.20. The summed E-state index contributed by atoms with van der Waals surface area (Å²) in [6.45, 7) is 1.91. The van der Waals surface area contributed by atoms with E-state index in [0.29, 0.717) is 27.7 Å². The van der Waals surface area contributed by atoms with Crippen molar-refractivity contribution in [1.29, 1.82) is 0 Å². The van der Waals surface area contributed by atoms with Crippen LogP contribution in [0.3, 0.4) is 0 Å². The fraction of sp³-hybridized carbons (Fsp3) is 0.125. The average Bonchev–Trinajstić information content (AvgIpc) is 2.50. The van der Waals surface area contributed by atoms with Gasteiger partial charge in [-0.15, -0.1) is 0 Å². The molecule has 1 amide bonds. The van der Waals surface area contributed by atoms with Gasteiger partial charge in [0.05, 0.1) is 10.7 Å². The number of nitrogens with one attached hydrogen (secondary N) is 1. The third kappa shape index (κ3) is 4.00. The summed E-state index contributed by atoms with van der Waals surface area (Å²) < 4.78 is 0. The highest BCUT2D eigenvalue weighted by Gasteiger charge is 2.09. The van der Waals surface area contributed by atoms with Crippen LogP contribution in [0.2, 0.25) is 10.0 Å². The molecule has 0 radical (unpaired) electrons. The first-order valence-electron chi connectivity index (χ1n) is 6.62. The number of carbonyl (C=O) groups is 1. The molecule has 0 unspecified atom stereocenters. The molecular formula is C16H14Cl2N2O2. The number of halogens is 2. The highest BCUT2D eigenvalue weighted by molar-refractivity contribution is 6.37. The van der Waals surface area contributed by atoms with Crippen LogP contribution in [0, 0.1) is 0 Å². The highest BCUT2D eigenvalue weighted by Crippen LogP contribution is 2.22. The Bertz CT molecular complexity index is 713. The predicted octanol–water partition coefficient (Wildman–Crippen LogP) is 4.24. The van der Waals surface area contributed by atoms with E-state index in [9.17, 15) is 9.90 Å². The number of carbonyl (C=O) groups excluding carboxylic acids is 1. The lowest BCUT2D eigenvalue weighted by Gasteiger charge is -2.08. The number of phenols is 1. The molecule has 0 fully saturated rings. The third-order valence-corrected chi connectivity index (χ3v) is 3.55. The summed E-state index contributed by atoms with van der Waals surface area (Å²) in [5, 5.41) is 14.4. The van der Waals surface area contributed by atoms with Crippen LogP contribution in [-0.4, -0.2) is 16.7 Å². The van der Waals surface area contributed by atoms with E-state index in [1.54, 1.807) is 18.2 Å². The molecule has 0 aliphatic rings. The monoisotopic (exact) mass is 336 g/mol. The van der Waals surface area contributed by atoms with E-state index < -0.39 is 0 Å². The van der Waals surface area contributed by atoms with Crippen LogP contribution in [0.5, 0.6) is 5.75 Å². The summed E-state index contributed by atoms with van der Waals surface area (Å²) in [6.07, 6.45) is 0.594. The topological polar surface area (TPSA) is 61.7 Å². The van der Waals surface area contributed by atoms with E-state index in [1.165, 1.54) is 24.3 Å². The molecule has 0 bridgehead atoms. The lowest BCUT2D eigenvalue weighted by molar-refractivity contribution is 0.0955. The van der Waals surface area contributed by atoms with Crippen molar-refractivity contribution in [3.8, 4) is 5.75 Å². The Balaban J connectivity index is 2.18. The SMILES string of the molecule is CCC(=NNC(=O)c1ccc(O)cc1)c1ccc(Cl)cc1Cl. The second kappa shape index (κ2) is 7.29. The maximum Gasteiger partial charge on any atom is 0.271 e. The summed E-state index contributed by atoms with van der Waals surface area (Å²) in [5.74, 6) is -0.265. The third-order valence-electron chi connectivity index (χ3n) is 3.00. The van der Waals surface area contributed by atoms with E-state index in [-0.39, 0.29) is 11.7 Å².